The molecule has 0 spiro atoms. The zero-order valence-electron chi connectivity index (χ0n) is 15.2. The number of hydrogen-bond acceptors (Lipinski definition) is 5. The van der Waals surface area contributed by atoms with Gasteiger partial charge in [-0.2, -0.15) is 0 Å². The molecule has 136 valence electrons. The van der Waals surface area contributed by atoms with Gasteiger partial charge in [-0.05, 0) is 32.9 Å². The number of anilines is 1. The van der Waals surface area contributed by atoms with Crippen LogP contribution in [0.25, 0.3) is 0 Å². The molecule has 2 rings (SSSR count). The van der Waals surface area contributed by atoms with Gasteiger partial charge in [-0.15, -0.1) is 10.2 Å². The minimum atomic E-state index is 0.442. The normalized spacial score (nSPS) is 11.3. The summed E-state index contributed by atoms with van der Waals surface area (Å²) in [5.41, 5.74) is 0.862. The Morgan fingerprint density at radius 2 is 2.08 bits per heavy atom. The fourth-order valence-corrected chi connectivity index (χ4v) is 2.28. The number of hydrogen-bond donors (Lipinski definition) is 2. The van der Waals surface area contributed by atoms with Crippen LogP contribution in [0.15, 0.2) is 29.5 Å². The summed E-state index contributed by atoms with van der Waals surface area (Å²) in [6.07, 6.45) is 1.71. The van der Waals surface area contributed by atoms with Gasteiger partial charge in [-0.1, -0.05) is 0 Å². The van der Waals surface area contributed by atoms with Gasteiger partial charge in [0.1, 0.15) is 12.9 Å². The number of aryl methyl sites for hydroxylation is 1. The zero-order chi connectivity index (χ0) is 18.1. The number of ether oxygens (including phenoxy) is 2. The van der Waals surface area contributed by atoms with E-state index in [-0.39, 0.29) is 0 Å². The average molecular weight is 346 g/mol. The third kappa shape index (κ3) is 5.10. The summed E-state index contributed by atoms with van der Waals surface area (Å²) < 4.78 is 12.9. The van der Waals surface area contributed by atoms with Crippen LogP contribution in [0, 0.1) is 0 Å². The van der Waals surface area contributed by atoms with Gasteiger partial charge in [0.05, 0.1) is 13.7 Å². The van der Waals surface area contributed by atoms with Gasteiger partial charge in [0, 0.05) is 24.8 Å². The molecule has 0 fully saturated rings. The maximum atomic E-state index is 5.61. The minimum Gasteiger partial charge on any atom is -0.493 e. The minimum absolute atomic E-state index is 0.442. The second-order valence-electron chi connectivity index (χ2n) is 5.15. The first-order valence-corrected chi connectivity index (χ1v) is 8.44. The van der Waals surface area contributed by atoms with Gasteiger partial charge in [0.25, 0.3) is 0 Å². The highest BCUT2D eigenvalue weighted by atomic mass is 16.5. The third-order valence-corrected chi connectivity index (χ3v) is 3.49. The van der Waals surface area contributed by atoms with Gasteiger partial charge in [0.15, 0.2) is 23.3 Å². The Morgan fingerprint density at radius 1 is 1.24 bits per heavy atom. The van der Waals surface area contributed by atoms with Gasteiger partial charge < -0.3 is 24.7 Å². The number of rotatable bonds is 8. The van der Waals surface area contributed by atoms with Crippen molar-refractivity contribution >= 4 is 11.6 Å². The van der Waals surface area contributed by atoms with Crippen molar-refractivity contribution in [3.8, 4) is 11.5 Å². The molecule has 0 unspecified atom stereocenters. The van der Waals surface area contributed by atoms with Crippen LogP contribution in [0.2, 0.25) is 0 Å². The van der Waals surface area contributed by atoms with E-state index in [1.165, 1.54) is 0 Å². The summed E-state index contributed by atoms with van der Waals surface area (Å²) in [6.45, 7) is 8.59. The van der Waals surface area contributed by atoms with Crippen molar-refractivity contribution in [3.05, 3.63) is 30.4 Å². The first-order chi connectivity index (χ1) is 12.2. The molecule has 0 atom stereocenters. The van der Waals surface area contributed by atoms with Crippen molar-refractivity contribution < 1.29 is 9.47 Å². The number of benzene rings is 1. The van der Waals surface area contributed by atoms with Crippen molar-refractivity contribution in [2.24, 2.45) is 4.99 Å². The lowest BCUT2D eigenvalue weighted by molar-refractivity contribution is 0.311. The van der Waals surface area contributed by atoms with Gasteiger partial charge in [-0.25, -0.2) is 4.99 Å². The van der Waals surface area contributed by atoms with Crippen molar-refractivity contribution in [1.29, 1.82) is 0 Å². The van der Waals surface area contributed by atoms with E-state index in [2.05, 4.69) is 25.8 Å². The van der Waals surface area contributed by atoms with Crippen molar-refractivity contribution in [1.82, 2.24) is 20.1 Å². The maximum Gasteiger partial charge on any atom is 0.196 e. The molecule has 0 aliphatic carbocycles. The molecule has 0 saturated carbocycles. The average Bonchev–Trinajstić information content (AvgIpc) is 3.08. The number of aromatic nitrogens is 3. The quantitative estimate of drug-likeness (QED) is 0.563. The van der Waals surface area contributed by atoms with Crippen molar-refractivity contribution in [2.75, 3.05) is 25.6 Å². The SMILES string of the molecule is CCNC(=NCc1nncn1CC)Nc1ccc(OC)c(OCC)c1. The summed E-state index contributed by atoms with van der Waals surface area (Å²) in [4.78, 5) is 4.58. The van der Waals surface area contributed by atoms with Gasteiger partial charge in [-0.3, -0.25) is 0 Å². The van der Waals surface area contributed by atoms with E-state index in [4.69, 9.17) is 9.47 Å². The number of guanidine groups is 1. The summed E-state index contributed by atoms with van der Waals surface area (Å²) >= 11 is 0. The van der Waals surface area contributed by atoms with Crippen LogP contribution in [-0.4, -0.2) is 41.0 Å². The van der Waals surface area contributed by atoms with Crippen LogP contribution in [0.5, 0.6) is 11.5 Å². The monoisotopic (exact) mass is 346 g/mol. The highest BCUT2D eigenvalue weighted by Crippen LogP contribution is 2.30. The fraction of sp³-hybridized carbons (Fsp3) is 0.471. The lowest BCUT2D eigenvalue weighted by Gasteiger charge is -2.14. The summed E-state index contributed by atoms with van der Waals surface area (Å²) in [7, 11) is 1.63. The topological polar surface area (TPSA) is 85.6 Å². The lowest BCUT2D eigenvalue weighted by atomic mass is 10.2. The molecule has 0 amide bonds. The Morgan fingerprint density at radius 3 is 2.76 bits per heavy atom. The summed E-state index contributed by atoms with van der Waals surface area (Å²) in [6, 6.07) is 5.68. The van der Waals surface area contributed by atoms with E-state index in [0.29, 0.717) is 30.6 Å². The first kappa shape index (κ1) is 18.6. The predicted octanol–water partition coefficient (Wildman–Crippen LogP) is 2.28. The molecule has 0 bridgehead atoms. The molecular formula is C17H26N6O2. The highest BCUT2D eigenvalue weighted by Gasteiger charge is 2.08. The lowest BCUT2D eigenvalue weighted by Crippen LogP contribution is -2.30. The number of nitrogens with one attached hydrogen (secondary N) is 2. The molecule has 0 aliphatic heterocycles. The Bertz CT molecular complexity index is 698. The summed E-state index contributed by atoms with van der Waals surface area (Å²) in [5, 5.41) is 14.5. The molecule has 0 aliphatic rings. The van der Waals surface area contributed by atoms with E-state index in [9.17, 15) is 0 Å². The van der Waals surface area contributed by atoms with Crippen molar-refractivity contribution in [2.45, 2.75) is 33.9 Å². The van der Waals surface area contributed by atoms with Crippen molar-refractivity contribution in [3.63, 3.8) is 0 Å². The molecule has 25 heavy (non-hydrogen) atoms. The van der Waals surface area contributed by atoms with E-state index < -0.39 is 0 Å². The molecule has 8 heteroatoms. The molecule has 0 saturated heterocycles. The van der Waals surface area contributed by atoms with Crippen LogP contribution >= 0.6 is 0 Å². The Kier molecular flexibility index (Phi) is 7.06. The van der Waals surface area contributed by atoms with Crippen LogP contribution in [0.4, 0.5) is 5.69 Å². The second kappa shape index (κ2) is 9.51. The maximum absolute atomic E-state index is 5.61. The van der Waals surface area contributed by atoms with Crippen LogP contribution in [0.3, 0.4) is 0 Å². The molecule has 2 N–H and O–H groups in total. The molecular weight excluding hydrogens is 320 g/mol. The predicted molar refractivity (Wildman–Crippen MR) is 98.3 cm³/mol. The summed E-state index contributed by atoms with van der Waals surface area (Å²) in [5.74, 6) is 2.88. The van der Waals surface area contributed by atoms with E-state index in [1.807, 2.05) is 43.5 Å². The molecule has 8 nitrogen and oxygen atoms in total. The van der Waals surface area contributed by atoms with E-state index in [0.717, 1.165) is 24.6 Å². The largest absolute Gasteiger partial charge is 0.493 e. The van der Waals surface area contributed by atoms with Crippen LogP contribution < -0.4 is 20.1 Å². The van der Waals surface area contributed by atoms with Crippen LogP contribution in [-0.2, 0) is 13.1 Å². The molecule has 1 heterocycles. The zero-order valence-corrected chi connectivity index (χ0v) is 15.2. The number of nitrogens with zero attached hydrogens (tertiary/aromatic N) is 4. The molecule has 1 aromatic carbocycles. The third-order valence-electron chi connectivity index (χ3n) is 3.49. The molecule has 0 radical (unpaired) electrons. The Balaban J connectivity index is 2.15. The van der Waals surface area contributed by atoms with Gasteiger partial charge in [0.2, 0.25) is 0 Å². The Hall–Kier alpha value is -2.77. The highest BCUT2D eigenvalue weighted by molar-refractivity contribution is 5.93. The van der Waals surface area contributed by atoms with Gasteiger partial charge >= 0.3 is 0 Å². The molecule has 1 aromatic heterocycles. The fourth-order valence-electron chi connectivity index (χ4n) is 2.28. The van der Waals surface area contributed by atoms with E-state index >= 15 is 0 Å². The van der Waals surface area contributed by atoms with Crippen LogP contribution in [0.1, 0.15) is 26.6 Å². The number of aliphatic imine (C=N–C) groups is 1. The molecule has 2 aromatic rings. The second-order valence-corrected chi connectivity index (χ2v) is 5.15. The smallest absolute Gasteiger partial charge is 0.196 e. The number of methoxy groups -OCH3 is 1. The standard InChI is InChI=1S/C17H26N6O2/c1-5-18-17(19-11-16-22-20-12-23(16)6-2)21-13-8-9-14(24-4)15(10-13)25-7-3/h8-10,12H,5-7,11H2,1-4H3,(H2,18,19,21). The Labute approximate surface area is 148 Å². The first-order valence-electron chi connectivity index (χ1n) is 8.44. The van der Waals surface area contributed by atoms with E-state index in [1.54, 1.807) is 13.4 Å².